The SMILES string of the molecule is CC(Cc1ccco1)Nc1ccnc(C(N)=O)c1. The van der Waals surface area contributed by atoms with E-state index in [0.29, 0.717) is 0 Å². The van der Waals surface area contributed by atoms with Crippen LogP contribution < -0.4 is 11.1 Å². The maximum absolute atomic E-state index is 11.0. The average Bonchev–Trinajstić information content (AvgIpc) is 2.82. The Morgan fingerprint density at radius 2 is 2.39 bits per heavy atom. The largest absolute Gasteiger partial charge is 0.469 e. The number of carbonyl (C=O) groups excluding carboxylic acids is 1. The van der Waals surface area contributed by atoms with Gasteiger partial charge in [-0.05, 0) is 31.2 Å². The van der Waals surface area contributed by atoms with Crippen LogP contribution in [0.1, 0.15) is 23.2 Å². The molecule has 0 aliphatic rings. The molecule has 0 spiro atoms. The van der Waals surface area contributed by atoms with Crippen LogP contribution in [0.2, 0.25) is 0 Å². The Morgan fingerprint density at radius 3 is 3.06 bits per heavy atom. The molecule has 0 bridgehead atoms. The number of furan rings is 1. The van der Waals surface area contributed by atoms with Gasteiger partial charge in [-0.15, -0.1) is 0 Å². The molecule has 0 aliphatic carbocycles. The fourth-order valence-electron chi connectivity index (χ4n) is 1.72. The zero-order valence-corrected chi connectivity index (χ0v) is 10.1. The standard InChI is InChI=1S/C13H15N3O2/c1-9(7-11-3-2-6-18-11)16-10-4-5-15-12(8-10)13(14)17/h2-6,8-9H,7H2,1H3,(H2,14,17)(H,15,16). The minimum absolute atomic E-state index is 0.180. The van der Waals surface area contributed by atoms with Crippen molar-refractivity contribution in [1.29, 1.82) is 0 Å². The first-order valence-corrected chi connectivity index (χ1v) is 5.70. The van der Waals surface area contributed by atoms with Crippen molar-refractivity contribution in [3.63, 3.8) is 0 Å². The number of aromatic nitrogens is 1. The first-order chi connectivity index (χ1) is 8.65. The molecule has 94 valence electrons. The van der Waals surface area contributed by atoms with Crippen LogP contribution in [0.4, 0.5) is 5.69 Å². The lowest BCUT2D eigenvalue weighted by Gasteiger charge is -2.14. The molecular formula is C13H15N3O2. The summed E-state index contributed by atoms with van der Waals surface area (Å²) in [5, 5.41) is 3.27. The van der Waals surface area contributed by atoms with E-state index in [0.717, 1.165) is 17.9 Å². The van der Waals surface area contributed by atoms with Crippen LogP contribution >= 0.6 is 0 Å². The second kappa shape index (κ2) is 5.35. The van der Waals surface area contributed by atoms with E-state index < -0.39 is 5.91 Å². The number of hydrogen-bond donors (Lipinski definition) is 2. The van der Waals surface area contributed by atoms with Crippen LogP contribution in [0.25, 0.3) is 0 Å². The van der Waals surface area contributed by atoms with Crippen molar-refractivity contribution in [3.05, 3.63) is 48.2 Å². The molecule has 5 heteroatoms. The Kier molecular flexibility index (Phi) is 3.62. The predicted molar refractivity (Wildman–Crippen MR) is 68.3 cm³/mol. The van der Waals surface area contributed by atoms with Crippen LogP contribution in [-0.2, 0) is 6.42 Å². The van der Waals surface area contributed by atoms with Gasteiger partial charge in [0.1, 0.15) is 11.5 Å². The summed E-state index contributed by atoms with van der Waals surface area (Å²) in [5.74, 6) is 0.386. The third kappa shape index (κ3) is 3.10. The Balaban J connectivity index is 2.00. The average molecular weight is 245 g/mol. The predicted octanol–water partition coefficient (Wildman–Crippen LogP) is 1.82. The summed E-state index contributed by atoms with van der Waals surface area (Å²) >= 11 is 0. The van der Waals surface area contributed by atoms with Crippen molar-refractivity contribution in [1.82, 2.24) is 4.98 Å². The van der Waals surface area contributed by atoms with Crippen LogP contribution in [0, 0.1) is 0 Å². The lowest BCUT2D eigenvalue weighted by Crippen LogP contribution is -2.19. The van der Waals surface area contributed by atoms with Gasteiger partial charge in [0.25, 0.3) is 5.91 Å². The molecule has 0 radical (unpaired) electrons. The molecule has 0 aromatic carbocycles. The molecule has 0 saturated carbocycles. The highest BCUT2D eigenvalue weighted by atomic mass is 16.3. The fourth-order valence-corrected chi connectivity index (χ4v) is 1.72. The Morgan fingerprint density at radius 1 is 1.56 bits per heavy atom. The number of rotatable bonds is 5. The molecule has 2 heterocycles. The summed E-state index contributed by atoms with van der Waals surface area (Å²) in [6.45, 7) is 2.03. The van der Waals surface area contributed by atoms with Gasteiger partial charge in [0.15, 0.2) is 0 Å². The summed E-state index contributed by atoms with van der Waals surface area (Å²) in [6, 6.07) is 7.41. The van der Waals surface area contributed by atoms with Gasteiger partial charge in [-0.1, -0.05) is 0 Å². The van der Waals surface area contributed by atoms with Crippen LogP contribution in [-0.4, -0.2) is 16.9 Å². The van der Waals surface area contributed by atoms with Crippen molar-refractivity contribution in [2.24, 2.45) is 5.73 Å². The van der Waals surface area contributed by atoms with E-state index >= 15 is 0 Å². The number of carbonyl (C=O) groups is 1. The van der Waals surface area contributed by atoms with Crippen molar-refractivity contribution in [3.8, 4) is 0 Å². The van der Waals surface area contributed by atoms with Gasteiger partial charge in [0.05, 0.1) is 6.26 Å². The maximum atomic E-state index is 11.0. The van der Waals surface area contributed by atoms with E-state index in [-0.39, 0.29) is 11.7 Å². The van der Waals surface area contributed by atoms with E-state index in [4.69, 9.17) is 10.2 Å². The second-order valence-electron chi connectivity index (χ2n) is 4.12. The third-order valence-corrected chi connectivity index (χ3v) is 2.51. The highest BCUT2D eigenvalue weighted by Crippen LogP contribution is 2.12. The molecule has 18 heavy (non-hydrogen) atoms. The maximum Gasteiger partial charge on any atom is 0.267 e. The number of nitrogens with zero attached hydrogens (tertiary/aromatic N) is 1. The minimum atomic E-state index is -0.530. The van der Waals surface area contributed by atoms with E-state index in [9.17, 15) is 4.79 Å². The van der Waals surface area contributed by atoms with Crippen molar-refractivity contribution >= 4 is 11.6 Å². The topological polar surface area (TPSA) is 81.2 Å². The number of pyridine rings is 1. The molecule has 0 aliphatic heterocycles. The number of nitrogens with one attached hydrogen (secondary N) is 1. The molecule has 0 fully saturated rings. The van der Waals surface area contributed by atoms with Gasteiger partial charge in [0, 0.05) is 24.3 Å². The van der Waals surface area contributed by atoms with Gasteiger partial charge in [-0.2, -0.15) is 0 Å². The lowest BCUT2D eigenvalue weighted by molar-refractivity contribution is 0.0995. The van der Waals surface area contributed by atoms with Crippen LogP contribution in [0.5, 0.6) is 0 Å². The number of amides is 1. The summed E-state index contributed by atoms with van der Waals surface area (Å²) in [6.07, 6.45) is 3.98. The molecule has 2 aromatic heterocycles. The highest BCUT2D eigenvalue weighted by molar-refractivity contribution is 5.91. The number of primary amides is 1. The zero-order chi connectivity index (χ0) is 13.0. The Hall–Kier alpha value is -2.30. The molecule has 0 saturated heterocycles. The quantitative estimate of drug-likeness (QED) is 0.841. The lowest BCUT2D eigenvalue weighted by atomic mass is 10.2. The minimum Gasteiger partial charge on any atom is -0.469 e. The zero-order valence-electron chi connectivity index (χ0n) is 10.1. The van der Waals surface area contributed by atoms with Gasteiger partial charge in [0.2, 0.25) is 0 Å². The van der Waals surface area contributed by atoms with E-state index in [2.05, 4.69) is 10.3 Å². The van der Waals surface area contributed by atoms with E-state index in [1.807, 2.05) is 19.1 Å². The van der Waals surface area contributed by atoms with Crippen LogP contribution in [0.3, 0.4) is 0 Å². The first-order valence-electron chi connectivity index (χ1n) is 5.70. The first kappa shape index (κ1) is 12.2. The summed E-state index contributed by atoms with van der Waals surface area (Å²) in [7, 11) is 0. The Labute approximate surface area is 105 Å². The van der Waals surface area contributed by atoms with Gasteiger partial charge < -0.3 is 15.5 Å². The summed E-state index contributed by atoms with van der Waals surface area (Å²) < 4.78 is 5.28. The molecule has 1 atom stereocenters. The molecule has 5 nitrogen and oxygen atoms in total. The van der Waals surface area contributed by atoms with Gasteiger partial charge in [-0.3, -0.25) is 9.78 Å². The fraction of sp³-hybridized carbons (Fsp3) is 0.231. The number of nitrogens with two attached hydrogens (primary N) is 1. The molecule has 3 N–H and O–H groups in total. The molecule has 2 aromatic rings. The summed E-state index contributed by atoms with van der Waals surface area (Å²) in [4.78, 5) is 14.9. The Bertz CT molecular complexity index is 523. The van der Waals surface area contributed by atoms with Crippen molar-refractivity contribution in [2.75, 3.05) is 5.32 Å². The van der Waals surface area contributed by atoms with Gasteiger partial charge in [-0.25, -0.2) is 0 Å². The molecular weight excluding hydrogens is 230 g/mol. The molecule has 2 rings (SSSR count). The van der Waals surface area contributed by atoms with Crippen molar-refractivity contribution < 1.29 is 9.21 Å². The highest BCUT2D eigenvalue weighted by Gasteiger charge is 2.07. The molecule has 1 unspecified atom stereocenters. The van der Waals surface area contributed by atoms with E-state index in [1.165, 1.54) is 0 Å². The van der Waals surface area contributed by atoms with Gasteiger partial charge >= 0.3 is 0 Å². The monoisotopic (exact) mass is 245 g/mol. The number of anilines is 1. The molecule has 1 amide bonds. The van der Waals surface area contributed by atoms with Crippen LogP contribution in [0.15, 0.2) is 41.1 Å². The second-order valence-corrected chi connectivity index (χ2v) is 4.12. The third-order valence-electron chi connectivity index (χ3n) is 2.51. The smallest absolute Gasteiger partial charge is 0.267 e. The normalized spacial score (nSPS) is 12.1. The summed E-state index contributed by atoms with van der Waals surface area (Å²) in [5.41, 5.74) is 6.25. The van der Waals surface area contributed by atoms with E-state index in [1.54, 1.807) is 24.6 Å². The van der Waals surface area contributed by atoms with Crippen molar-refractivity contribution in [2.45, 2.75) is 19.4 Å². The number of hydrogen-bond acceptors (Lipinski definition) is 4.